The van der Waals surface area contributed by atoms with Crippen molar-refractivity contribution in [3.05, 3.63) is 65.5 Å². The van der Waals surface area contributed by atoms with Gasteiger partial charge in [0.25, 0.3) is 5.91 Å². The number of sulfone groups is 1. The third-order valence-electron chi connectivity index (χ3n) is 5.08. The van der Waals surface area contributed by atoms with Gasteiger partial charge in [0.15, 0.2) is 9.84 Å². The van der Waals surface area contributed by atoms with Crippen LogP contribution in [0.4, 0.5) is 4.39 Å². The highest BCUT2D eigenvalue weighted by Gasteiger charge is 2.36. The Bertz CT molecular complexity index is 961. The number of unbranched alkanes of at least 4 members (excludes halogenated alkanes) is 1. The molecule has 2 aromatic carbocycles. The maximum atomic E-state index is 14.3. The first-order chi connectivity index (χ1) is 13.9. The topological polar surface area (TPSA) is 63.7 Å². The highest BCUT2D eigenvalue weighted by Crippen LogP contribution is 2.27. The van der Waals surface area contributed by atoms with Gasteiger partial charge in [0, 0.05) is 18.2 Å². The van der Waals surface area contributed by atoms with Crippen LogP contribution in [0.25, 0.3) is 0 Å². The second-order valence-electron chi connectivity index (χ2n) is 7.28. The van der Waals surface area contributed by atoms with Gasteiger partial charge in [-0.15, -0.1) is 0 Å². The average Bonchev–Trinajstić information content (AvgIpc) is 3.07. The van der Waals surface area contributed by atoms with E-state index in [1.165, 1.54) is 11.0 Å². The van der Waals surface area contributed by atoms with Crippen LogP contribution in [0.5, 0.6) is 5.75 Å². The third-order valence-corrected chi connectivity index (χ3v) is 6.83. The van der Waals surface area contributed by atoms with Gasteiger partial charge in [-0.1, -0.05) is 43.7 Å². The minimum atomic E-state index is -3.21. The third kappa shape index (κ3) is 5.35. The number of para-hydroxylation sites is 1. The van der Waals surface area contributed by atoms with Crippen molar-refractivity contribution in [2.24, 2.45) is 0 Å². The lowest BCUT2D eigenvalue weighted by Gasteiger charge is -2.29. The Kier molecular flexibility index (Phi) is 6.90. The second kappa shape index (κ2) is 9.39. The lowest BCUT2D eigenvalue weighted by molar-refractivity contribution is 0.0674. The number of benzene rings is 2. The van der Waals surface area contributed by atoms with Crippen LogP contribution < -0.4 is 4.74 Å². The van der Waals surface area contributed by atoms with Crippen LogP contribution in [0, 0.1) is 5.82 Å². The molecule has 0 saturated carbocycles. The molecular formula is C22H26FNO4S. The van der Waals surface area contributed by atoms with Crippen molar-refractivity contribution in [3.63, 3.8) is 0 Å². The minimum Gasteiger partial charge on any atom is -0.493 e. The fourth-order valence-corrected chi connectivity index (χ4v) is 5.18. The van der Waals surface area contributed by atoms with Crippen LogP contribution in [0.3, 0.4) is 0 Å². The Hall–Kier alpha value is -2.41. The van der Waals surface area contributed by atoms with Gasteiger partial charge < -0.3 is 9.64 Å². The van der Waals surface area contributed by atoms with Crippen molar-refractivity contribution in [2.75, 3.05) is 18.1 Å². The molecule has 0 aliphatic carbocycles. The van der Waals surface area contributed by atoms with Gasteiger partial charge in [-0.25, -0.2) is 12.8 Å². The van der Waals surface area contributed by atoms with Gasteiger partial charge in [0.2, 0.25) is 0 Å². The molecule has 3 rings (SSSR count). The Morgan fingerprint density at radius 3 is 2.59 bits per heavy atom. The summed E-state index contributed by atoms with van der Waals surface area (Å²) in [4.78, 5) is 14.9. The number of hydrogen-bond acceptors (Lipinski definition) is 4. The molecule has 1 aliphatic heterocycles. The molecule has 1 heterocycles. The molecule has 1 aliphatic rings. The van der Waals surface area contributed by atoms with Crippen molar-refractivity contribution in [1.82, 2.24) is 4.90 Å². The second-order valence-corrected chi connectivity index (χ2v) is 9.51. The predicted molar refractivity (Wildman–Crippen MR) is 110 cm³/mol. The summed E-state index contributed by atoms with van der Waals surface area (Å²) < 4.78 is 44.1. The summed E-state index contributed by atoms with van der Waals surface area (Å²) in [5, 5.41) is 0. The van der Waals surface area contributed by atoms with Gasteiger partial charge in [0.05, 0.1) is 23.7 Å². The molecule has 0 unspecified atom stereocenters. The van der Waals surface area contributed by atoms with E-state index in [9.17, 15) is 17.6 Å². The van der Waals surface area contributed by atoms with Crippen molar-refractivity contribution < 1.29 is 22.3 Å². The number of carbonyl (C=O) groups is 1. The van der Waals surface area contributed by atoms with E-state index in [1.807, 2.05) is 0 Å². The van der Waals surface area contributed by atoms with Crippen molar-refractivity contribution >= 4 is 15.7 Å². The monoisotopic (exact) mass is 419 g/mol. The summed E-state index contributed by atoms with van der Waals surface area (Å²) in [5.41, 5.74) is 0.721. The number of hydrogen-bond donors (Lipinski definition) is 0. The fraction of sp³-hybridized carbons (Fsp3) is 0.409. The molecule has 1 atom stereocenters. The molecule has 7 heteroatoms. The first-order valence-electron chi connectivity index (χ1n) is 9.88. The summed E-state index contributed by atoms with van der Waals surface area (Å²) in [6.07, 6.45) is 2.18. The van der Waals surface area contributed by atoms with E-state index in [0.29, 0.717) is 29.9 Å². The van der Waals surface area contributed by atoms with E-state index in [-0.39, 0.29) is 24.0 Å². The molecular weight excluding hydrogens is 393 g/mol. The van der Waals surface area contributed by atoms with Crippen LogP contribution in [-0.4, -0.2) is 43.4 Å². The highest BCUT2D eigenvalue weighted by molar-refractivity contribution is 7.91. The fourth-order valence-electron chi connectivity index (χ4n) is 3.45. The van der Waals surface area contributed by atoms with E-state index < -0.39 is 21.7 Å². The number of ether oxygens (including phenoxy) is 1. The lowest BCUT2D eigenvalue weighted by Crippen LogP contribution is -2.41. The number of nitrogens with zero attached hydrogens (tertiary/aromatic N) is 1. The van der Waals surface area contributed by atoms with Crippen LogP contribution in [0.1, 0.15) is 42.1 Å². The number of amides is 1. The zero-order valence-electron chi connectivity index (χ0n) is 16.5. The Morgan fingerprint density at radius 1 is 1.17 bits per heavy atom. The molecule has 1 saturated heterocycles. The predicted octanol–water partition coefficient (Wildman–Crippen LogP) is 3.83. The average molecular weight is 420 g/mol. The van der Waals surface area contributed by atoms with Gasteiger partial charge in [-0.3, -0.25) is 4.79 Å². The van der Waals surface area contributed by atoms with E-state index in [1.54, 1.807) is 42.5 Å². The maximum absolute atomic E-state index is 14.3. The van der Waals surface area contributed by atoms with Crippen molar-refractivity contribution in [3.8, 4) is 5.75 Å². The lowest BCUT2D eigenvalue weighted by atomic mass is 10.1. The molecule has 0 bridgehead atoms. The maximum Gasteiger partial charge on any atom is 0.258 e. The molecule has 0 aromatic heterocycles. The summed E-state index contributed by atoms with van der Waals surface area (Å²) in [6, 6.07) is 12.7. The molecule has 5 nitrogen and oxygen atoms in total. The molecule has 0 spiro atoms. The molecule has 0 N–H and O–H groups in total. The summed E-state index contributed by atoms with van der Waals surface area (Å²) in [6.45, 7) is 2.55. The Balaban J connectivity index is 1.92. The molecule has 0 radical (unpaired) electrons. The molecule has 156 valence electrons. The Morgan fingerprint density at radius 2 is 1.90 bits per heavy atom. The summed E-state index contributed by atoms with van der Waals surface area (Å²) >= 11 is 0. The van der Waals surface area contributed by atoms with Gasteiger partial charge in [-0.05, 0) is 31.0 Å². The zero-order chi connectivity index (χ0) is 20.9. The van der Waals surface area contributed by atoms with Gasteiger partial charge in [0.1, 0.15) is 11.6 Å². The largest absolute Gasteiger partial charge is 0.493 e. The first kappa shape index (κ1) is 21.3. The Labute approximate surface area is 171 Å². The van der Waals surface area contributed by atoms with Crippen LogP contribution in [0.15, 0.2) is 48.5 Å². The molecule has 2 aromatic rings. The normalized spacial score (nSPS) is 17.8. The quantitative estimate of drug-likeness (QED) is 0.610. The highest BCUT2D eigenvalue weighted by atomic mass is 32.2. The van der Waals surface area contributed by atoms with Crippen LogP contribution >= 0.6 is 0 Å². The van der Waals surface area contributed by atoms with E-state index in [4.69, 9.17) is 4.74 Å². The minimum absolute atomic E-state index is 0.00892. The zero-order valence-corrected chi connectivity index (χ0v) is 17.3. The number of halogens is 1. The number of carbonyl (C=O) groups excluding carboxylic acids is 1. The van der Waals surface area contributed by atoms with E-state index in [2.05, 4.69) is 6.92 Å². The number of rotatable bonds is 8. The molecule has 29 heavy (non-hydrogen) atoms. The summed E-state index contributed by atoms with van der Waals surface area (Å²) in [7, 11) is -3.21. The van der Waals surface area contributed by atoms with E-state index in [0.717, 1.165) is 12.8 Å². The molecule has 1 amide bonds. The van der Waals surface area contributed by atoms with Crippen LogP contribution in [-0.2, 0) is 16.4 Å². The van der Waals surface area contributed by atoms with Crippen molar-refractivity contribution in [1.29, 1.82) is 0 Å². The van der Waals surface area contributed by atoms with Crippen molar-refractivity contribution in [2.45, 2.75) is 38.8 Å². The standard InChI is InChI=1S/C22H26FNO4S/c1-2-3-13-28-21-11-7-5-9-19(21)22(25)24(18-12-14-29(26,27)16-18)15-17-8-4-6-10-20(17)23/h4-11,18H,2-3,12-16H2,1H3/t18-/m1/s1. The molecule has 1 fully saturated rings. The van der Waals surface area contributed by atoms with Crippen LogP contribution in [0.2, 0.25) is 0 Å². The SMILES string of the molecule is CCCCOc1ccccc1C(=O)N(Cc1ccccc1F)[C@@H]1CCS(=O)(=O)C1. The van der Waals surface area contributed by atoms with Gasteiger partial charge in [-0.2, -0.15) is 0 Å². The first-order valence-corrected chi connectivity index (χ1v) is 11.7. The van der Waals surface area contributed by atoms with E-state index >= 15 is 0 Å². The smallest absolute Gasteiger partial charge is 0.258 e. The van der Waals surface area contributed by atoms with Gasteiger partial charge >= 0.3 is 0 Å². The summed E-state index contributed by atoms with van der Waals surface area (Å²) in [5.74, 6) is -0.370.